The molecule has 27 heavy (non-hydrogen) atoms. The van der Waals surface area contributed by atoms with E-state index in [1.165, 1.54) is 0 Å². The molecular weight excluding hydrogens is 350 g/mol. The van der Waals surface area contributed by atoms with Gasteiger partial charge in [-0.05, 0) is 31.5 Å². The molecule has 0 aliphatic carbocycles. The highest BCUT2D eigenvalue weighted by Gasteiger charge is 2.33. The fourth-order valence-corrected chi connectivity index (χ4v) is 3.03. The average molecular weight is 379 g/mol. The van der Waals surface area contributed by atoms with Gasteiger partial charge in [0.1, 0.15) is 0 Å². The smallest absolute Gasteiger partial charge is 0.237 e. The van der Waals surface area contributed by atoms with Crippen LogP contribution >= 0.6 is 0 Å². The Morgan fingerprint density at radius 2 is 2.04 bits per heavy atom. The average Bonchev–Trinajstić information content (AvgIpc) is 2.64. The lowest BCUT2D eigenvalue weighted by molar-refractivity contribution is -0.135. The summed E-state index contributed by atoms with van der Waals surface area (Å²) in [6.07, 6.45) is 0.0303. The lowest BCUT2D eigenvalue weighted by Gasteiger charge is -2.35. The Hall–Kier alpha value is -2.32. The number of rotatable bonds is 8. The summed E-state index contributed by atoms with van der Waals surface area (Å²) in [5.74, 6) is 0.822. The minimum absolute atomic E-state index is 0.0303. The van der Waals surface area contributed by atoms with Crippen LogP contribution in [0.4, 0.5) is 0 Å². The minimum Gasteiger partial charge on any atom is -0.493 e. The predicted octanol–water partition coefficient (Wildman–Crippen LogP) is 0.281. The summed E-state index contributed by atoms with van der Waals surface area (Å²) in [5.41, 5.74) is 0.236. The first-order valence-corrected chi connectivity index (χ1v) is 8.94. The molecule has 150 valence electrons. The summed E-state index contributed by atoms with van der Waals surface area (Å²) in [6.45, 7) is 4.97. The number of benzene rings is 1. The Balaban J connectivity index is 2.11. The van der Waals surface area contributed by atoms with Crippen molar-refractivity contribution in [3.05, 3.63) is 23.8 Å². The SMILES string of the molecule is COc1ccc(CN2CCNC(=O)[C@H]2CC(=O)NC(C)(C)CO)cc1OC. The van der Waals surface area contributed by atoms with E-state index < -0.39 is 11.6 Å². The standard InChI is InChI=1S/C19H29N3O5/c1-19(2,12-23)21-17(24)10-14-18(25)20-7-8-22(14)11-13-5-6-15(26-3)16(9-13)27-4/h5-6,9,14,23H,7-8,10-12H2,1-4H3,(H,20,25)(H,21,24)/t14-/m1/s1. The molecule has 0 bridgehead atoms. The van der Waals surface area contributed by atoms with Gasteiger partial charge in [0.2, 0.25) is 11.8 Å². The second kappa shape index (κ2) is 9.05. The van der Waals surface area contributed by atoms with Gasteiger partial charge in [-0.2, -0.15) is 0 Å². The van der Waals surface area contributed by atoms with Crippen LogP contribution in [0.15, 0.2) is 18.2 Å². The van der Waals surface area contributed by atoms with E-state index in [9.17, 15) is 14.7 Å². The molecule has 2 amide bonds. The molecule has 8 heteroatoms. The van der Waals surface area contributed by atoms with Gasteiger partial charge in [-0.1, -0.05) is 6.07 Å². The molecule has 1 saturated heterocycles. The third-order valence-corrected chi connectivity index (χ3v) is 4.53. The van der Waals surface area contributed by atoms with Crippen molar-refractivity contribution in [2.24, 2.45) is 0 Å². The zero-order valence-electron chi connectivity index (χ0n) is 16.4. The molecule has 0 unspecified atom stereocenters. The van der Waals surface area contributed by atoms with Gasteiger partial charge >= 0.3 is 0 Å². The number of nitrogens with zero attached hydrogens (tertiary/aromatic N) is 1. The minimum atomic E-state index is -0.726. The summed E-state index contributed by atoms with van der Waals surface area (Å²) in [5, 5.41) is 14.9. The number of carbonyl (C=O) groups excluding carboxylic acids is 2. The number of piperazine rings is 1. The van der Waals surface area contributed by atoms with E-state index in [4.69, 9.17) is 9.47 Å². The van der Waals surface area contributed by atoms with E-state index in [2.05, 4.69) is 10.6 Å². The van der Waals surface area contributed by atoms with Gasteiger partial charge in [-0.3, -0.25) is 14.5 Å². The van der Waals surface area contributed by atoms with Crippen molar-refractivity contribution in [2.45, 2.75) is 38.4 Å². The van der Waals surface area contributed by atoms with E-state index in [-0.39, 0.29) is 24.8 Å². The van der Waals surface area contributed by atoms with Crippen LogP contribution in [0.5, 0.6) is 11.5 Å². The molecule has 1 fully saturated rings. The summed E-state index contributed by atoms with van der Waals surface area (Å²) in [6, 6.07) is 5.04. The fraction of sp³-hybridized carbons (Fsp3) is 0.579. The number of carbonyl (C=O) groups is 2. The quantitative estimate of drug-likeness (QED) is 0.600. The first-order valence-electron chi connectivity index (χ1n) is 8.94. The first-order chi connectivity index (χ1) is 12.8. The largest absolute Gasteiger partial charge is 0.493 e. The third-order valence-electron chi connectivity index (χ3n) is 4.53. The Kier molecular flexibility index (Phi) is 7.04. The molecule has 3 N–H and O–H groups in total. The highest BCUT2D eigenvalue weighted by molar-refractivity contribution is 5.89. The predicted molar refractivity (Wildman–Crippen MR) is 101 cm³/mol. The van der Waals surface area contributed by atoms with E-state index >= 15 is 0 Å². The fourth-order valence-electron chi connectivity index (χ4n) is 3.03. The molecule has 0 spiro atoms. The number of hydrogen-bond donors (Lipinski definition) is 3. The van der Waals surface area contributed by atoms with Gasteiger partial charge in [0.25, 0.3) is 0 Å². The molecule has 1 atom stereocenters. The summed E-state index contributed by atoms with van der Waals surface area (Å²) in [4.78, 5) is 26.7. The normalized spacial score (nSPS) is 18.0. The molecule has 2 rings (SSSR count). The van der Waals surface area contributed by atoms with Crippen LogP contribution in [0.1, 0.15) is 25.8 Å². The summed E-state index contributed by atoms with van der Waals surface area (Å²) >= 11 is 0. The van der Waals surface area contributed by atoms with Gasteiger partial charge in [0.15, 0.2) is 11.5 Å². The zero-order chi connectivity index (χ0) is 20.0. The van der Waals surface area contributed by atoms with Gasteiger partial charge in [-0.15, -0.1) is 0 Å². The van der Waals surface area contributed by atoms with E-state index in [1.54, 1.807) is 28.1 Å². The molecule has 1 aliphatic heterocycles. The number of amides is 2. The molecule has 0 saturated carbocycles. The Morgan fingerprint density at radius 1 is 1.33 bits per heavy atom. The number of nitrogens with one attached hydrogen (secondary N) is 2. The van der Waals surface area contributed by atoms with Gasteiger partial charge < -0.3 is 25.2 Å². The Morgan fingerprint density at radius 3 is 2.67 bits per heavy atom. The third kappa shape index (κ3) is 5.58. The van der Waals surface area contributed by atoms with E-state index in [0.29, 0.717) is 31.1 Å². The van der Waals surface area contributed by atoms with Crippen molar-refractivity contribution >= 4 is 11.8 Å². The second-order valence-corrected chi connectivity index (χ2v) is 7.26. The van der Waals surface area contributed by atoms with E-state index in [0.717, 1.165) is 5.56 Å². The molecule has 0 aromatic heterocycles. The summed E-state index contributed by atoms with van der Waals surface area (Å²) in [7, 11) is 3.15. The number of ether oxygens (including phenoxy) is 2. The Labute approximate surface area is 159 Å². The van der Waals surface area contributed by atoms with Gasteiger partial charge in [-0.25, -0.2) is 0 Å². The van der Waals surface area contributed by atoms with Crippen LogP contribution in [-0.2, 0) is 16.1 Å². The van der Waals surface area contributed by atoms with Crippen molar-refractivity contribution in [3.63, 3.8) is 0 Å². The first kappa shape index (κ1) is 21.0. The molecular formula is C19H29N3O5. The molecule has 0 radical (unpaired) electrons. The van der Waals surface area contributed by atoms with Crippen molar-refractivity contribution in [2.75, 3.05) is 33.9 Å². The Bertz CT molecular complexity index is 677. The van der Waals surface area contributed by atoms with Crippen LogP contribution in [0.25, 0.3) is 0 Å². The molecule has 1 aliphatic rings. The molecule has 1 aromatic rings. The van der Waals surface area contributed by atoms with Crippen LogP contribution in [0, 0.1) is 0 Å². The van der Waals surface area contributed by atoms with Crippen LogP contribution < -0.4 is 20.1 Å². The monoisotopic (exact) mass is 379 g/mol. The topological polar surface area (TPSA) is 100 Å². The molecule has 1 heterocycles. The second-order valence-electron chi connectivity index (χ2n) is 7.26. The van der Waals surface area contributed by atoms with Crippen molar-refractivity contribution in [1.82, 2.24) is 15.5 Å². The maximum Gasteiger partial charge on any atom is 0.237 e. The molecule has 8 nitrogen and oxygen atoms in total. The van der Waals surface area contributed by atoms with E-state index in [1.807, 2.05) is 23.1 Å². The highest BCUT2D eigenvalue weighted by Crippen LogP contribution is 2.28. The summed E-state index contributed by atoms with van der Waals surface area (Å²) < 4.78 is 10.6. The van der Waals surface area contributed by atoms with Gasteiger partial charge in [0, 0.05) is 19.6 Å². The lowest BCUT2D eigenvalue weighted by atomic mass is 10.0. The maximum atomic E-state index is 12.4. The van der Waals surface area contributed by atoms with Crippen LogP contribution in [0.2, 0.25) is 0 Å². The zero-order valence-corrected chi connectivity index (χ0v) is 16.4. The molecule has 1 aromatic carbocycles. The van der Waals surface area contributed by atoms with Crippen molar-refractivity contribution < 1.29 is 24.2 Å². The number of aliphatic hydroxyl groups excluding tert-OH is 1. The number of hydrogen-bond acceptors (Lipinski definition) is 6. The van der Waals surface area contributed by atoms with Gasteiger partial charge in [0.05, 0.1) is 38.8 Å². The van der Waals surface area contributed by atoms with Crippen LogP contribution in [-0.4, -0.2) is 67.3 Å². The number of aliphatic hydroxyl groups is 1. The highest BCUT2D eigenvalue weighted by atomic mass is 16.5. The van der Waals surface area contributed by atoms with Crippen molar-refractivity contribution in [3.8, 4) is 11.5 Å². The maximum absolute atomic E-state index is 12.4. The van der Waals surface area contributed by atoms with Crippen molar-refractivity contribution in [1.29, 1.82) is 0 Å². The van der Waals surface area contributed by atoms with Crippen LogP contribution in [0.3, 0.4) is 0 Å². The number of methoxy groups -OCH3 is 2. The lowest BCUT2D eigenvalue weighted by Crippen LogP contribution is -2.57.